The van der Waals surface area contributed by atoms with Gasteiger partial charge in [-0.3, -0.25) is 0 Å². The van der Waals surface area contributed by atoms with Gasteiger partial charge in [0.15, 0.2) is 0 Å². The zero-order valence-corrected chi connectivity index (χ0v) is 18.5. The van der Waals surface area contributed by atoms with E-state index in [1.54, 1.807) is 24.3 Å². The monoisotopic (exact) mass is 368 g/mol. The van der Waals surface area contributed by atoms with Crippen LogP contribution in [0.15, 0.2) is 30.9 Å². The number of methoxy groups -OCH3 is 1. The molecule has 1 nitrogen and oxygen atoms in total. The summed E-state index contributed by atoms with van der Waals surface area (Å²) in [7, 11) is 1.78. The van der Waals surface area contributed by atoms with Crippen molar-refractivity contribution in [3.63, 3.8) is 0 Å². The lowest BCUT2D eigenvalue weighted by Crippen LogP contribution is -2.39. The number of aryl methyl sites for hydroxylation is 1. The average molecular weight is 369 g/mol. The van der Waals surface area contributed by atoms with Crippen molar-refractivity contribution in [2.24, 2.45) is 28.6 Å². The second kappa shape index (κ2) is 7.64. The van der Waals surface area contributed by atoms with Gasteiger partial charge in [-0.15, -0.1) is 6.58 Å². The van der Waals surface area contributed by atoms with E-state index in [1.807, 2.05) is 6.92 Å². The van der Waals surface area contributed by atoms with Gasteiger partial charge in [-0.1, -0.05) is 39.8 Å². The third-order valence-corrected chi connectivity index (χ3v) is 8.40. The summed E-state index contributed by atoms with van der Waals surface area (Å²) in [5.41, 5.74) is 4.23. The number of benzene rings is 1. The molecule has 150 valence electrons. The highest BCUT2D eigenvalue weighted by atomic mass is 16.5. The number of ether oxygens (including phenoxy) is 1. The summed E-state index contributed by atoms with van der Waals surface area (Å²) in [5, 5.41) is 0. The van der Waals surface area contributed by atoms with E-state index in [9.17, 15) is 0 Å². The molecular weight excluding hydrogens is 328 g/mol. The second-order valence-electron chi connectivity index (χ2n) is 10.3. The fourth-order valence-electron chi connectivity index (χ4n) is 6.80. The van der Waals surface area contributed by atoms with Gasteiger partial charge >= 0.3 is 0 Å². The van der Waals surface area contributed by atoms with E-state index in [0.717, 1.165) is 29.4 Å². The van der Waals surface area contributed by atoms with E-state index >= 15 is 0 Å². The summed E-state index contributed by atoms with van der Waals surface area (Å²) in [6.45, 7) is 15.5. The third-order valence-electron chi connectivity index (χ3n) is 8.40. The molecule has 5 unspecified atom stereocenters. The molecule has 0 aromatic heterocycles. The molecule has 3 aliphatic carbocycles. The molecule has 2 fully saturated rings. The van der Waals surface area contributed by atoms with Gasteiger partial charge in [0, 0.05) is 0 Å². The van der Waals surface area contributed by atoms with Crippen LogP contribution in [0, 0.1) is 28.6 Å². The highest BCUT2D eigenvalue weighted by molar-refractivity contribution is 5.40. The van der Waals surface area contributed by atoms with Crippen LogP contribution in [0.3, 0.4) is 0 Å². The Bertz CT molecular complexity index is 673. The fourth-order valence-corrected chi connectivity index (χ4v) is 6.80. The summed E-state index contributed by atoms with van der Waals surface area (Å²) < 4.78 is 5.47. The minimum absolute atomic E-state index is 0.501. The lowest BCUT2D eigenvalue weighted by Gasteiger charge is -2.46. The molecule has 1 aromatic carbocycles. The molecule has 0 heterocycles. The Morgan fingerprint density at radius 1 is 1.19 bits per heavy atom. The van der Waals surface area contributed by atoms with Crippen molar-refractivity contribution in [1.29, 1.82) is 0 Å². The Balaban J connectivity index is 0.000000659. The predicted octanol–water partition coefficient (Wildman–Crippen LogP) is 7.41. The van der Waals surface area contributed by atoms with Crippen molar-refractivity contribution in [2.45, 2.75) is 79.1 Å². The maximum atomic E-state index is 5.47. The first kappa shape index (κ1) is 20.5. The quantitative estimate of drug-likeness (QED) is 0.469. The minimum atomic E-state index is 0.501. The SMILES string of the molecule is C=CC.COc1ccc2c(c1)CCC1C2CC(C)CC2(C)C1CCC2(C)C. The minimum Gasteiger partial charge on any atom is -0.497 e. The van der Waals surface area contributed by atoms with E-state index in [-0.39, 0.29) is 0 Å². The van der Waals surface area contributed by atoms with Crippen molar-refractivity contribution in [3.05, 3.63) is 42.0 Å². The van der Waals surface area contributed by atoms with Gasteiger partial charge in [0.05, 0.1) is 7.11 Å². The van der Waals surface area contributed by atoms with E-state index in [2.05, 4.69) is 52.5 Å². The van der Waals surface area contributed by atoms with Gasteiger partial charge in [0.1, 0.15) is 5.75 Å². The van der Waals surface area contributed by atoms with Crippen LogP contribution in [0.4, 0.5) is 0 Å². The Labute approximate surface area is 167 Å². The molecule has 0 saturated heterocycles. The third kappa shape index (κ3) is 3.47. The molecule has 2 saturated carbocycles. The highest BCUT2D eigenvalue weighted by Gasteiger charge is 2.57. The first-order chi connectivity index (χ1) is 12.8. The highest BCUT2D eigenvalue weighted by Crippen LogP contribution is 2.66. The van der Waals surface area contributed by atoms with Crippen LogP contribution in [0.1, 0.15) is 83.8 Å². The molecule has 0 spiro atoms. The number of rotatable bonds is 1. The number of hydrogen-bond donors (Lipinski definition) is 0. The summed E-state index contributed by atoms with van der Waals surface area (Å²) in [6.07, 6.45) is 10.0. The predicted molar refractivity (Wildman–Crippen MR) is 116 cm³/mol. The van der Waals surface area contributed by atoms with Crippen LogP contribution in [-0.4, -0.2) is 7.11 Å². The first-order valence-electron chi connectivity index (χ1n) is 11.0. The summed E-state index contributed by atoms with van der Waals surface area (Å²) in [6, 6.07) is 6.88. The van der Waals surface area contributed by atoms with Crippen molar-refractivity contribution < 1.29 is 4.74 Å². The molecule has 0 bridgehead atoms. The van der Waals surface area contributed by atoms with E-state index in [0.29, 0.717) is 10.8 Å². The topological polar surface area (TPSA) is 9.23 Å². The molecule has 4 rings (SSSR count). The summed E-state index contributed by atoms with van der Waals surface area (Å²) >= 11 is 0. The van der Waals surface area contributed by atoms with Crippen molar-refractivity contribution in [1.82, 2.24) is 0 Å². The van der Waals surface area contributed by atoms with Crippen LogP contribution in [-0.2, 0) is 6.42 Å². The van der Waals surface area contributed by atoms with Gasteiger partial charge in [0.25, 0.3) is 0 Å². The lowest BCUT2D eigenvalue weighted by atomic mass is 9.58. The Morgan fingerprint density at radius 2 is 1.89 bits per heavy atom. The number of hydrogen-bond acceptors (Lipinski definition) is 1. The van der Waals surface area contributed by atoms with Gasteiger partial charge in [-0.25, -0.2) is 0 Å². The van der Waals surface area contributed by atoms with Crippen LogP contribution < -0.4 is 4.74 Å². The smallest absolute Gasteiger partial charge is 0.119 e. The first-order valence-corrected chi connectivity index (χ1v) is 11.0. The molecule has 0 N–H and O–H groups in total. The molecular formula is C26H40O. The van der Waals surface area contributed by atoms with Crippen molar-refractivity contribution in [2.75, 3.05) is 7.11 Å². The lowest BCUT2D eigenvalue weighted by molar-refractivity contribution is 0.0374. The average Bonchev–Trinajstić information content (AvgIpc) is 2.77. The van der Waals surface area contributed by atoms with Crippen LogP contribution >= 0.6 is 0 Å². The second-order valence-corrected chi connectivity index (χ2v) is 10.3. The van der Waals surface area contributed by atoms with Crippen molar-refractivity contribution in [3.8, 4) is 5.75 Å². The summed E-state index contributed by atoms with van der Waals surface area (Å²) in [4.78, 5) is 0. The number of allylic oxidation sites excluding steroid dienone is 1. The van der Waals surface area contributed by atoms with Crippen LogP contribution in [0.5, 0.6) is 5.75 Å². The van der Waals surface area contributed by atoms with E-state index < -0.39 is 0 Å². The van der Waals surface area contributed by atoms with Gasteiger partial charge in [0.2, 0.25) is 0 Å². The molecule has 1 aromatic rings. The zero-order valence-electron chi connectivity index (χ0n) is 18.5. The molecule has 0 amide bonds. The largest absolute Gasteiger partial charge is 0.497 e. The van der Waals surface area contributed by atoms with Gasteiger partial charge < -0.3 is 4.74 Å². The molecule has 0 radical (unpaired) electrons. The van der Waals surface area contributed by atoms with E-state index in [4.69, 9.17) is 4.74 Å². The molecule has 27 heavy (non-hydrogen) atoms. The molecule has 5 atom stereocenters. The Hall–Kier alpha value is -1.24. The van der Waals surface area contributed by atoms with Crippen LogP contribution in [0.2, 0.25) is 0 Å². The van der Waals surface area contributed by atoms with Crippen molar-refractivity contribution >= 4 is 0 Å². The van der Waals surface area contributed by atoms with Crippen LogP contribution in [0.25, 0.3) is 0 Å². The fraction of sp³-hybridized carbons (Fsp3) is 0.692. The Kier molecular flexibility index (Phi) is 5.80. The van der Waals surface area contributed by atoms with Gasteiger partial charge in [-0.2, -0.15) is 0 Å². The van der Waals surface area contributed by atoms with Gasteiger partial charge in [-0.05, 0) is 103 Å². The summed E-state index contributed by atoms with van der Waals surface area (Å²) in [5.74, 6) is 4.44. The molecule has 3 aliphatic rings. The molecule has 0 aliphatic heterocycles. The Morgan fingerprint density at radius 3 is 2.56 bits per heavy atom. The zero-order chi connectivity index (χ0) is 19.8. The molecule has 1 heteroatoms. The normalized spacial score (nSPS) is 36.2. The maximum absolute atomic E-state index is 5.47. The van der Waals surface area contributed by atoms with E-state index in [1.165, 1.54) is 38.5 Å². The standard InChI is InChI=1S/C23H34O.C3H6/c1-15-12-20-18-9-7-17(24-5)13-16(18)6-8-19(20)21-10-11-22(2,3)23(21,4)14-15;1-3-2/h7,9,13,15,19-21H,6,8,10-12,14H2,1-5H3;3H,1H2,2H3. The number of fused-ring (bicyclic) bond motifs is 5. The maximum Gasteiger partial charge on any atom is 0.119 e.